The van der Waals surface area contributed by atoms with E-state index in [0.717, 1.165) is 23.9 Å². The van der Waals surface area contributed by atoms with Crippen LogP contribution >= 0.6 is 0 Å². The lowest BCUT2D eigenvalue weighted by atomic mass is 9.80. The van der Waals surface area contributed by atoms with Gasteiger partial charge in [0.2, 0.25) is 0 Å². The first-order valence-corrected chi connectivity index (χ1v) is 7.28. The summed E-state index contributed by atoms with van der Waals surface area (Å²) in [6.45, 7) is 6.38. The lowest BCUT2D eigenvalue weighted by molar-refractivity contribution is 0.0743. The molecule has 1 saturated heterocycles. The van der Waals surface area contributed by atoms with Gasteiger partial charge in [-0.25, -0.2) is 0 Å². The first kappa shape index (κ1) is 11.0. The van der Waals surface area contributed by atoms with Crippen LogP contribution in [0.25, 0.3) is 0 Å². The molecule has 0 aromatic rings. The maximum absolute atomic E-state index is 3.65. The lowest BCUT2D eigenvalue weighted by Crippen LogP contribution is -2.49. The first-order valence-electron chi connectivity index (χ1n) is 7.28. The predicted molar refractivity (Wildman–Crippen MR) is 67.5 cm³/mol. The Balaban J connectivity index is 1.50. The van der Waals surface area contributed by atoms with E-state index in [9.17, 15) is 0 Å². The Bertz CT molecular complexity index is 225. The highest BCUT2D eigenvalue weighted by Gasteiger charge is 2.35. The molecule has 0 aromatic carbocycles. The number of nitrogens with zero attached hydrogens (tertiary/aromatic N) is 1. The molecule has 1 heterocycles. The molecular weight excluding hydrogens is 196 g/mol. The van der Waals surface area contributed by atoms with Crippen molar-refractivity contribution in [2.24, 2.45) is 11.8 Å². The van der Waals surface area contributed by atoms with Crippen LogP contribution in [-0.2, 0) is 0 Å². The van der Waals surface area contributed by atoms with Crippen molar-refractivity contribution in [3.05, 3.63) is 0 Å². The summed E-state index contributed by atoms with van der Waals surface area (Å²) in [5.74, 6) is 2.04. The van der Waals surface area contributed by atoms with Crippen molar-refractivity contribution in [3.8, 4) is 0 Å². The Labute approximate surface area is 99.8 Å². The van der Waals surface area contributed by atoms with E-state index in [0.29, 0.717) is 0 Å². The van der Waals surface area contributed by atoms with Gasteiger partial charge >= 0.3 is 0 Å². The highest BCUT2D eigenvalue weighted by atomic mass is 15.2. The van der Waals surface area contributed by atoms with Crippen LogP contribution in [0.2, 0.25) is 0 Å². The Morgan fingerprint density at radius 1 is 1.12 bits per heavy atom. The normalized spacial score (nSPS) is 39.0. The number of nitrogens with one attached hydrogen (secondary N) is 1. The van der Waals surface area contributed by atoms with Crippen LogP contribution in [0, 0.1) is 11.8 Å². The molecule has 0 radical (unpaired) electrons. The van der Waals surface area contributed by atoms with Crippen molar-refractivity contribution in [2.45, 2.75) is 57.5 Å². The third kappa shape index (κ3) is 2.60. The summed E-state index contributed by atoms with van der Waals surface area (Å²) in [7, 11) is 0. The minimum absolute atomic E-state index is 0.801. The number of hydrogen-bond donors (Lipinski definition) is 1. The van der Waals surface area contributed by atoms with E-state index >= 15 is 0 Å². The topological polar surface area (TPSA) is 15.3 Å². The maximum atomic E-state index is 3.65. The average Bonchev–Trinajstić information content (AvgIpc) is 2.88. The molecule has 2 heteroatoms. The molecule has 2 saturated carbocycles. The summed E-state index contributed by atoms with van der Waals surface area (Å²) >= 11 is 0. The molecule has 3 fully saturated rings. The van der Waals surface area contributed by atoms with E-state index in [1.54, 1.807) is 0 Å². The molecule has 3 aliphatic rings. The monoisotopic (exact) mass is 222 g/mol. The molecule has 2 nitrogen and oxygen atoms in total. The van der Waals surface area contributed by atoms with E-state index in [2.05, 4.69) is 17.1 Å². The summed E-state index contributed by atoms with van der Waals surface area (Å²) in [5.41, 5.74) is 0. The summed E-state index contributed by atoms with van der Waals surface area (Å²) < 4.78 is 0. The summed E-state index contributed by atoms with van der Waals surface area (Å²) in [5, 5.41) is 3.65. The van der Waals surface area contributed by atoms with Crippen LogP contribution in [0.3, 0.4) is 0 Å². The van der Waals surface area contributed by atoms with E-state index in [-0.39, 0.29) is 0 Å². The zero-order valence-electron chi connectivity index (χ0n) is 10.6. The third-order valence-electron chi connectivity index (χ3n) is 4.67. The van der Waals surface area contributed by atoms with Gasteiger partial charge in [-0.3, -0.25) is 4.90 Å². The SMILES string of the molecule is CC1CC(N(CC2CC2)CC2CCCN2)C1. The van der Waals surface area contributed by atoms with Crippen LogP contribution in [0.15, 0.2) is 0 Å². The smallest absolute Gasteiger partial charge is 0.0195 e. The second kappa shape index (κ2) is 4.66. The highest BCUT2D eigenvalue weighted by molar-refractivity contribution is 4.91. The maximum Gasteiger partial charge on any atom is 0.0195 e. The summed E-state index contributed by atoms with van der Waals surface area (Å²) in [4.78, 5) is 2.82. The van der Waals surface area contributed by atoms with Crippen molar-refractivity contribution in [1.29, 1.82) is 0 Å². The number of hydrogen-bond acceptors (Lipinski definition) is 2. The fourth-order valence-corrected chi connectivity index (χ4v) is 3.36. The zero-order chi connectivity index (χ0) is 11.0. The standard InChI is InChI=1S/C14H26N2/c1-11-7-14(8-11)16(9-12-4-5-12)10-13-3-2-6-15-13/h11-15H,2-10H2,1H3. The average molecular weight is 222 g/mol. The van der Waals surface area contributed by atoms with Gasteiger partial charge < -0.3 is 5.32 Å². The number of rotatable bonds is 5. The van der Waals surface area contributed by atoms with Crippen LogP contribution in [0.4, 0.5) is 0 Å². The molecular formula is C14H26N2. The van der Waals surface area contributed by atoms with Crippen LogP contribution in [0.5, 0.6) is 0 Å². The molecule has 0 spiro atoms. The van der Waals surface area contributed by atoms with Crippen LogP contribution < -0.4 is 5.32 Å². The van der Waals surface area contributed by atoms with Gasteiger partial charge in [-0.1, -0.05) is 6.92 Å². The molecule has 92 valence electrons. The van der Waals surface area contributed by atoms with Gasteiger partial charge in [0.1, 0.15) is 0 Å². The van der Waals surface area contributed by atoms with Crippen molar-refractivity contribution < 1.29 is 0 Å². The molecule has 1 N–H and O–H groups in total. The Morgan fingerprint density at radius 2 is 1.94 bits per heavy atom. The molecule has 1 aliphatic heterocycles. The fraction of sp³-hybridized carbons (Fsp3) is 1.00. The van der Waals surface area contributed by atoms with E-state index in [1.165, 1.54) is 58.2 Å². The third-order valence-corrected chi connectivity index (χ3v) is 4.67. The minimum Gasteiger partial charge on any atom is -0.313 e. The van der Waals surface area contributed by atoms with Crippen LogP contribution in [0.1, 0.15) is 45.4 Å². The Hall–Kier alpha value is -0.0800. The molecule has 1 atom stereocenters. The quantitative estimate of drug-likeness (QED) is 0.767. The highest BCUT2D eigenvalue weighted by Crippen LogP contribution is 2.36. The summed E-state index contributed by atoms with van der Waals surface area (Å²) in [6, 6.07) is 1.73. The van der Waals surface area contributed by atoms with Gasteiger partial charge in [-0.15, -0.1) is 0 Å². The Morgan fingerprint density at radius 3 is 2.50 bits per heavy atom. The van der Waals surface area contributed by atoms with E-state index < -0.39 is 0 Å². The molecule has 16 heavy (non-hydrogen) atoms. The fourth-order valence-electron chi connectivity index (χ4n) is 3.36. The predicted octanol–water partition coefficient (Wildman–Crippen LogP) is 2.25. The van der Waals surface area contributed by atoms with E-state index in [1.807, 2.05) is 0 Å². The van der Waals surface area contributed by atoms with Crippen molar-refractivity contribution in [1.82, 2.24) is 10.2 Å². The van der Waals surface area contributed by atoms with Gasteiger partial charge in [-0.05, 0) is 56.9 Å². The second-order valence-electron chi connectivity index (χ2n) is 6.42. The zero-order valence-corrected chi connectivity index (χ0v) is 10.6. The van der Waals surface area contributed by atoms with Crippen molar-refractivity contribution >= 4 is 0 Å². The largest absolute Gasteiger partial charge is 0.313 e. The molecule has 1 unspecified atom stereocenters. The molecule has 0 amide bonds. The minimum atomic E-state index is 0.801. The molecule has 2 aliphatic carbocycles. The van der Waals surface area contributed by atoms with Gasteiger partial charge in [0, 0.05) is 25.2 Å². The summed E-state index contributed by atoms with van der Waals surface area (Å²) in [6.07, 6.45) is 8.71. The second-order valence-corrected chi connectivity index (χ2v) is 6.42. The van der Waals surface area contributed by atoms with Crippen LogP contribution in [-0.4, -0.2) is 36.6 Å². The van der Waals surface area contributed by atoms with Crippen molar-refractivity contribution in [3.63, 3.8) is 0 Å². The van der Waals surface area contributed by atoms with E-state index in [4.69, 9.17) is 0 Å². The van der Waals surface area contributed by atoms with Gasteiger partial charge in [-0.2, -0.15) is 0 Å². The van der Waals surface area contributed by atoms with Gasteiger partial charge in [0.05, 0.1) is 0 Å². The van der Waals surface area contributed by atoms with Gasteiger partial charge in [0.25, 0.3) is 0 Å². The Kier molecular flexibility index (Phi) is 3.21. The van der Waals surface area contributed by atoms with Gasteiger partial charge in [0.15, 0.2) is 0 Å². The molecule has 0 aromatic heterocycles. The molecule has 3 rings (SSSR count). The molecule has 0 bridgehead atoms. The lowest BCUT2D eigenvalue weighted by Gasteiger charge is -2.43. The first-order chi connectivity index (χ1) is 7.81. The van der Waals surface area contributed by atoms with Crippen molar-refractivity contribution in [2.75, 3.05) is 19.6 Å².